The SMILES string of the molecule is COc1ccc(C(C)C)cc1CCN(C)CC(N)=O. The predicted octanol–water partition coefficient (Wildman–Crippen LogP) is 1.78. The summed E-state index contributed by atoms with van der Waals surface area (Å²) in [4.78, 5) is 12.8. The Labute approximate surface area is 115 Å². The number of hydrogen-bond acceptors (Lipinski definition) is 3. The first-order chi connectivity index (χ1) is 8.93. The van der Waals surface area contributed by atoms with Gasteiger partial charge in [0, 0.05) is 6.54 Å². The molecule has 0 aliphatic rings. The van der Waals surface area contributed by atoms with Crippen LogP contribution in [0.25, 0.3) is 0 Å². The largest absolute Gasteiger partial charge is 0.496 e. The predicted molar refractivity (Wildman–Crippen MR) is 77.5 cm³/mol. The standard InChI is InChI=1S/C15H24N2O2/c1-11(2)12-5-6-14(19-4)13(9-12)7-8-17(3)10-15(16)18/h5-6,9,11H,7-8,10H2,1-4H3,(H2,16,18). The van der Waals surface area contributed by atoms with Gasteiger partial charge in [-0.3, -0.25) is 9.69 Å². The molecule has 4 heteroatoms. The molecule has 0 aliphatic carbocycles. The van der Waals surface area contributed by atoms with Gasteiger partial charge in [-0.25, -0.2) is 0 Å². The topological polar surface area (TPSA) is 55.6 Å². The molecule has 0 saturated heterocycles. The number of nitrogens with zero attached hydrogens (tertiary/aromatic N) is 1. The van der Waals surface area contributed by atoms with E-state index in [0.29, 0.717) is 5.92 Å². The zero-order valence-corrected chi connectivity index (χ0v) is 12.3. The van der Waals surface area contributed by atoms with Crippen LogP contribution in [0, 0.1) is 0 Å². The minimum Gasteiger partial charge on any atom is -0.496 e. The first-order valence-corrected chi connectivity index (χ1v) is 6.57. The maximum absolute atomic E-state index is 10.8. The van der Waals surface area contributed by atoms with Gasteiger partial charge < -0.3 is 10.5 Å². The molecule has 4 nitrogen and oxygen atoms in total. The summed E-state index contributed by atoms with van der Waals surface area (Å²) in [7, 11) is 3.57. The van der Waals surface area contributed by atoms with Crippen molar-refractivity contribution in [3.63, 3.8) is 0 Å². The van der Waals surface area contributed by atoms with Crippen molar-refractivity contribution in [1.82, 2.24) is 4.90 Å². The molecule has 19 heavy (non-hydrogen) atoms. The molecule has 0 bridgehead atoms. The summed E-state index contributed by atoms with van der Waals surface area (Å²) in [5, 5.41) is 0. The molecule has 1 aromatic carbocycles. The third-order valence-corrected chi connectivity index (χ3v) is 3.16. The molecule has 0 atom stereocenters. The van der Waals surface area contributed by atoms with Crippen molar-refractivity contribution in [1.29, 1.82) is 0 Å². The van der Waals surface area contributed by atoms with Crippen molar-refractivity contribution >= 4 is 5.91 Å². The van der Waals surface area contributed by atoms with Crippen molar-refractivity contribution in [2.45, 2.75) is 26.2 Å². The molecule has 1 aromatic rings. The van der Waals surface area contributed by atoms with E-state index in [4.69, 9.17) is 10.5 Å². The van der Waals surface area contributed by atoms with Crippen LogP contribution in [0.1, 0.15) is 30.9 Å². The number of amides is 1. The van der Waals surface area contributed by atoms with Crippen LogP contribution in [0.15, 0.2) is 18.2 Å². The Morgan fingerprint density at radius 1 is 1.42 bits per heavy atom. The molecule has 1 amide bonds. The van der Waals surface area contributed by atoms with E-state index in [0.717, 1.165) is 18.7 Å². The van der Waals surface area contributed by atoms with Gasteiger partial charge in [0.2, 0.25) is 5.91 Å². The zero-order chi connectivity index (χ0) is 14.4. The van der Waals surface area contributed by atoms with Gasteiger partial charge in [-0.05, 0) is 36.6 Å². The number of rotatable bonds is 7. The van der Waals surface area contributed by atoms with E-state index < -0.39 is 0 Å². The second-order valence-electron chi connectivity index (χ2n) is 5.18. The highest BCUT2D eigenvalue weighted by molar-refractivity contribution is 5.75. The quantitative estimate of drug-likeness (QED) is 0.816. The summed E-state index contributed by atoms with van der Waals surface area (Å²) in [5.74, 6) is 1.09. The van der Waals surface area contributed by atoms with Crippen LogP contribution in [0.2, 0.25) is 0 Å². The minimum absolute atomic E-state index is 0.284. The maximum Gasteiger partial charge on any atom is 0.231 e. The number of carbonyl (C=O) groups excluding carboxylic acids is 1. The molecule has 0 aromatic heterocycles. The number of hydrogen-bond donors (Lipinski definition) is 1. The average molecular weight is 264 g/mol. The average Bonchev–Trinajstić information content (AvgIpc) is 2.35. The van der Waals surface area contributed by atoms with E-state index in [2.05, 4.69) is 26.0 Å². The Morgan fingerprint density at radius 3 is 2.63 bits per heavy atom. The van der Waals surface area contributed by atoms with Crippen LogP contribution in [-0.4, -0.2) is 38.1 Å². The highest BCUT2D eigenvalue weighted by Gasteiger charge is 2.09. The molecular formula is C15H24N2O2. The lowest BCUT2D eigenvalue weighted by Gasteiger charge is -2.17. The molecule has 1 rings (SSSR count). The Balaban J connectivity index is 2.75. The van der Waals surface area contributed by atoms with E-state index >= 15 is 0 Å². The van der Waals surface area contributed by atoms with Gasteiger partial charge in [-0.1, -0.05) is 26.0 Å². The molecular weight excluding hydrogens is 240 g/mol. The molecule has 0 heterocycles. The van der Waals surface area contributed by atoms with Gasteiger partial charge in [0.05, 0.1) is 13.7 Å². The maximum atomic E-state index is 10.8. The fourth-order valence-corrected chi connectivity index (χ4v) is 2.01. The first-order valence-electron chi connectivity index (χ1n) is 6.57. The van der Waals surface area contributed by atoms with Gasteiger partial charge in [0.1, 0.15) is 5.75 Å². The monoisotopic (exact) mass is 264 g/mol. The van der Waals surface area contributed by atoms with Crippen LogP contribution in [0.4, 0.5) is 0 Å². The molecule has 2 N–H and O–H groups in total. The number of nitrogens with two attached hydrogens (primary N) is 1. The van der Waals surface area contributed by atoms with Crippen LogP contribution >= 0.6 is 0 Å². The summed E-state index contributed by atoms with van der Waals surface area (Å²) in [5.41, 5.74) is 7.65. The second kappa shape index (κ2) is 7.14. The number of ether oxygens (including phenoxy) is 1. The van der Waals surface area contributed by atoms with Crippen molar-refractivity contribution in [3.8, 4) is 5.75 Å². The van der Waals surface area contributed by atoms with Gasteiger partial charge in [0.15, 0.2) is 0 Å². The number of primary amides is 1. The van der Waals surface area contributed by atoms with Crippen LogP contribution in [0.3, 0.4) is 0 Å². The van der Waals surface area contributed by atoms with Crippen LogP contribution < -0.4 is 10.5 Å². The van der Waals surface area contributed by atoms with E-state index in [1.165, 1.54) is 11.1 Å². The van der Waals surface area contributed by atoms with E-state index in [1.807, 2.05) is 18.0 Å². The lowest BCUT2D eigenvalue weighted by molar-refractivity contribution is -0.118. The summed E-state index contributed by atoms with van der Waals surface area (Å²) >= 11 is 0. The third-order valence-electron chi connectivity index (χ3n) is 3.16. The molecule has 0 unspecified atom stereocenters. The Kier molecular flexibility index (Phi) is 5.83. The molecule has 106 valence electrons. The Hall–Kier alpha value is -1.55. The molecule has 0 aliphatic heterocycles. The Morgan fingerprint density at radius 2 is 2.11 bits per heavy atom. The molecule has 0 fully saturated rings. The molecule has 0 spiro atoms. The first kappa shape index (κ1) is 15.5. The number of benzene rings is 1. The molecule has 0 radical (unpaired) electrons. The fourth-order valence-electron chi connectivity index (χ4n) is 2.01. The van der Waals surface area contributed by atoms with Crippen molar-refractivity contribution in [3.05, 3.63) is 29.3 Å². The highest BCUT2D eigenvalue weighted by atomic mass is 16.5. The van der Waals surface area contributed by atoms with Crippen LogP contribution in [-0.2, 0) is 11.2 Å². The zero-order valence-electron chi connectivity index (χ0n) is 12.3. The van der Waals surface area contributed by atoms with Crippen molar-refractivity contribution < 1.29 is 9.53 Å². The van der Waals surface area contributed by atoms with Gasteiger partial charge in [0.25, 0.3) is 0 Å². The van der Waals surface area contributed by atoms with E-state index in [-0.39, 0.29) is 12.5 Å². The minimum atomic E-state index is -0.301. The van der Waals surface area contributed by atoms with Crippen LogP contribution in [0.5, 0.6) is 5.75 Å². The normalized spacial score (nSPS) is 11.1. The summed E-state index contributed by atoms with van der Waals surface area (Å²) < 4.78 is 5.38. The van der Waals surface area contributed by atoms with Crippen molar-refractivity contribution in [2.24, 2.45) is 5.73 Å². The van der Waals surface area contributed by atoms with Gasteiger partial charge >= 0.3 is 0 Å². The fraction of sp³-hybridized carbons (Fsp3) is 0.533. The summed E-state index contributed by atoms with van der Waals surface area (Å²) in [6.45, 7) is 5.41. The number of likely N-dealkylation sites (N-methyl/N-ethyl adjacent to an activating group) is 1. The lowest BCUT2D eigenvalue weighted by Crippen LogP contribution is -2.32. The van der Waals surface area contributed by atoms with Crippen molar-refractivity contribution in [2.75, 3.05) is 27.2 Å². The summed E-state index contributed by atoms with van der Waals surface area (Å²) in [6, 6.07) is 6.29. The van der Waals surface area contributed by atoms with E-state index in [1.54, 1.807) is 7.11 Å². The second-order valence-corrected chi connectivity index (χ2v) is 5.18. The number of carbonyl (C=O) groups is 1. The Bertz CT molecular complexity index is 430. The summed E-state index contributed by atoms with van der Waals surface area (Å²) in [6.07, 6.45) is 0.841. The third kappa shape index (κ3) is 4.91. The number of methoxy groups -OCH3 is 1. The smallest absolute Gasteiger partial charge is 0.231 e. The molecule has 0 saturated carbocycles. The van der Waals surface area contributed by atoms with E-state index in [9.17, 15) is 4.79 Å². The van der Waals surface area contributed by atoms with Gasteiger partial charge in [-0.15, -0.1) is 0 Å². The van der Waals surface area contributed by atoms with Gasteiger partial charge in [-0.2, -0.15) is 0 Å². The lowest BCUT2D eigenvalue weighted by atomic mass is 9.99. The highest BCUT2D eigenvalue weighted by Crippen LogP contribution is 2.24.